The van der Waals surface area contributed by atoms with Crippen molar-refractivity contribution in [2.75, 3.05) is 11.6 Å². The number of hydrogen-bond acceptors (Lipinski definition) is 4. The number of aromatic amines is 1. The lowest BCUT2D eigenvalue weighted by Crippen LogP contribution is -2.11. The summed E-state index contributed by atoms with van der Waals surface area (Å²) in [6.45, 7) is 0. The number of nitrogens with zero attached hydrogens (tertiary/aromatic N) is 1. The summed E-state index contributed by atoms with van der Waals surface area (Å²) in [5, 5.41) is 2.59. The molecule has 0 spiro atoms. The van der Waals surface area contributed by atoms with Crippen LogP contribution in [0.3, 0.4) is 0 Å². The minimum Gasteiger partial charge on any atom is -0.455 e. The van der Waals surface area contributed by atoms with E-state index in [-0.39, 0.29) is 5.91 Å². The number of carbonyl (C=O) groups is 1. The van der Waals surface area contributed by atoms with Gasteiger partial charge in [-0.2, -0.15) is 11.8 Å². The van der Waals surface area contributed by atoms with E-state index in [9.17, 15) is 4.79 Å². The van der Waals surface area contributed by atoms with Crippen molar-refractivity contribution in [3.8, 4) is 0 Å². The first-order valence-electron chi connectivity index (χ1n) is 4.68. The fourth-order valence-electron chi connectivity index (χ4n) is 1.22. The molecule has 0 bridgehead atoms. The van der Waals surface area contributed by atoms with E-state index in [0.29, 0.717) is 11.7 Å². The molecule has 0 saturated heterocycles. The maximum Gasteiger partial charge on any atom is 0.293 e. The summed E-state index contributed by atoms with van der Waals surface area (Å²) >= 11 is 1.64. The van der Waals surface area contributed by atoms with E-state index in [0.717, 1.165) is 11.5 Å². The number of nitrogens with one attached hydrogen (secondary N) is 2. The molecule has 0 aliphatic heterocycles. The number of H-pyrrole nitrogens is 1. The second-order valence-electron chi connectivity index (χ2n) is 3.09. The van der Waals surface area contributed by atoms with Gasteiger partial charge in [-0.15, -0.1) is 0 Å². The molecule has 16 heavy (non-hydrogen) atoms. The predicted molar refractivity (Wildman–Crippen MR) is 62.5 cm³/mol. The van der Waals surface area contributed by atoms with Crippen LogP contribution >= 0.6 is 11.8 Å². The smallest absolute Gasteiger partial charge is 0.293 e. The van der Waals surface area contributed by atoms with Gasteiger partial charge in [-0.05, 0) is 18.4 Å². The molecule has 6 heteroatoms. The Balaban J connectivity index is 2.03. The van der Waals surface area contributed by atoms with E-state index in [4.69, 9.17) is 4.42 Å². The maximum atomic E-state index is 11.7. The summed E-state index contributed by atoms with van der Waals surface area (Å²) in [6.07, 6.45) is 5.18. The molecular weight excluding hydrogens is 226 g/mol. The van der Waals surface area contributed by atoms with Gasteiger partial charge in [0.15, 0.2) is 5.76 Å². The Hall–Kier alpha value is -1.69. The van der Waals surface area contributed by atoms with Gasteiger partial charge >= 0.3 is 0 Å². The van der Waals surface area contributed by atoms with E-state index in [2.05, 4.69) is 15.3 Å². The van der Waals surface area contributed by atoms with E-state index in [1.807, 2.05) is 6.26 Å². The summed E-state index contributed by atoms with van der Waals surface area (Å²) in [4.78, 5) is 18.3. The van der Waals surface area contributed by atoms with Gasteiger partial charge in [-0.25, -0.2) is 4.98 Å². The van der Waals surface area contributed by atoms with Crippen LogP contribution in [-0.4, -0.2) is 22.1 Å². The quantitative estimate of drug-likeness (QED) is 0.854. The Morgan fingerprint density at radius 2 is 2.50 bits per heavy atom. The van der Waals surface area contributed by atoms with Crippen LogP contribution in [0.5, 0.6) is 0 Å². The molecule has 2 rings (SSSR count). The van der Waals surface area contributed by atoms with Crippen molar-refractivity contribution in [3.05, 3.63) is 36.0 Å². The van der Waals surface area contributed by atoms with Gasteiger partial charge in [0, 0.05) is 12.4 Å². The third-order valence-electron chi connectivity index (χ3n) is 1.90. The normalized spacial score (nSPS) is 10.3. The monoisotopic (exact) mass is 237 g/mol. The maximum absolute atomic E-state index is 11.7. The SMILES string of the molecule is CSCc1ccc(C(=O)Nc2ncc[nH]2)o1. The highest BCUT2D eigenvalue weighted by molar-refractivity contribution is 7.97. The minimum absolute atomic E-state index is 0.292. The lowest BCUT2D eigenvalue weighted by Gasteiger charge is -1.97. The number of hydrogen-bond donors (Lipinski definition) is 2. The summed E-state index contributed by atoms with van der Waals surface area (Å²) in [5.74, 6) is 1.95. The van der Waals surface area contributed by atoms with Crippen LogP contribution in [0, 0.1) is 0 Å². The van der Waals surface area contributed by atoms with Crippen LogP contribution in [0.25, 0.3) is 0 Å². The van der Waals surface area contributed by atoms with Crippen molar-refractivity contribution in [2.24, 2.45) is 0 Å². The molecule has 2 N–H and O–H groups in total. The zero-order valence-electron chi connectivity index (χ0n) is 8.69. The highest BCUT2D eigenvalue weighted by Crippen LogP contribution is 2.14. The number of furan rings is 1. The molecule has 0 radical (unpaired) electrons. The van der Waals surface area contributed by atoms with Crippen LogP contribution in [0.1, 0.15) is 16.3 Å². The fraction of sp³-hybridized carbons (Fsp3) is 0.200. The second-order valence-corrected chi connectivity index (χ2v) is 3.96. The molecule has 0 saturated carbocycles. The Kier molecular flexibility index (Phi) is 3.31. The summed E-state index contributed by atoms with van der Waals surface area (Å²) in [6, 6.07) is 3.46. The average molecular weight is 237 g/mol. The summed E-state index contributed by atoms with van der Waals surface area (Å²) in [7, 11) is 0. The standard InChI is InChI=1S/C10H11N3O2S/c1-16-6-7-2-3-8(15-7)9(14)13-10-11-4-5-12-10/h2-5H,6H2,1H3,(H2,11,12,13,14). The molecular formula is C10H11N3O2S. The van der Waals surface area contributed by atoms with Crippen molar-refractivity contribution in [1.82, 2.24) is 9.97 Å². The minimum atomic E-state index is -0.303. The number of carbonyl (C=O) groups excluding carboxylic acids is 1. The molecule has 1 amide bonds. The molecule has 0 aliphatic carbocycles. The van der Waals surface area contributed by atoms with Gasteiger partial charge in [-0.1, -0.05) is 0 Å². The molecule has 84 valence electrons. The molecule has 0 atom stereocenters. The average Bonchev–Trinajstić information content (AvgIpc) is 2.89. The van der Waals surface area contributed by atoms with E-state index >= 15 is 0 Å². The van der Waals surface area contributed by atoms with Crippen LogP contribution in [0.2, 0.25) is 0 Å². The molecule has 5 nitrogen and oxygen atoms in total. The Bertz CT molecular complexity index is 464. The summed E-state index contributed by atoms with van der Waals surface area (Å²) < 4.78 is 5.36. The van der Waals surface area contributed by atoms with Gasteiger partial charge in [0.1, 0.15) is 5.76 Å². The van der Waals surface area contributed by atoms with Gasteiger partial charge in [0.2, 0.25) is 5.95 Å². The van der Waals surface area contributed by atoms with Crippen molar-refractivity contribution in [3.63, 3.8) is 0 Å². The third kappa shape index (κ3) is 2.46. The molecule has 2 heterocycles. The zero-order chi connectivity index (χ0) is 11.4. The van der Waals surface area contributed by atoms with E-state index in [1.165, 1.54) is 0 Å². The van der Waals surface area contributed by atoms with Crippen molar-refractivity contribution >= 4 is 23.6 Å². The number of anilines is 1. The van der Waals surface area contributed by atoms with Crippen LogP contribution in [0.4, 0.5) is 5.95 Å². The number of rotatable bonds is 4. The predicted octanol–water partition coefficient (Wildman–Crippen LogP) is 2.12. The molecule has 2 aromatic rings. The van der Waals surface area contributed by atoms with Gasteiger partial charge in [0.25, 0.3) is 5.91 Å². The van der Waals surface area contributed by atoms with Crippen molar-refractivity contribution < 1.29 is 9.21 Å². The molecule has 0 aromatic carbocycles. The van der Waals surface area contributed by atoms with Crippen LogP contribution in [-0.2, 0) is 5.75 Å². The summed E-state index contributed by atoms with van der Waals surface area (Å²) in [5.41, 5.74) is 0. The third-order valence-corrected chi connectivity index (χ3v) is 2.48. The fourth-order valence-corrected chi connectivity index (χ4v) is 1.66. The van der Waals surface area contributed by atoms with Crippen molar-refractivity contribution in [2.45, 2.75) is 5.75 Å². The number of thioether (sulfide) groups is 1. The van der Waals surface area contributed by atoms with Gasteiger partial charge < -0.3 is 9.40 Å². The first-order chi connectivity index (χ1) is 7.79. The highest BCUT2D eigenvalue weighted by atomic mass is 32.2. The first-order valence-corrected chi connectivity index (χ1v) is 6.07. The van der Waals surface area contributed by atoms with E-state index < -0.39 is 0 Å². The Morgan fingerprint density at radius 3 is 3.19 bits per heavy atom. The lowest BCUT2D eigenvalue weighted by atomic mass is 10.4. The Morgan fingerprint density at radius 1 is 1.62 bits per heavy atom. The second kappa shape index (κ2) is 4.89. The topological polar surface area (TPSA) is 70.9 Å². The highest BCUT2D eigenvalue weighted by Gasteiger charge is 2.11. The zero-order valence-corrected chi connectivity index (χ0v) is 9.50. The molecule has 2 aromatic heterocycles. The van der Waals surface area contributed by atoms with Crippen molar-refractivity contribution in [1.29, 1.82) is 0 Å². The lowest BCUT2D eigenvalue weighted by molar-refractivity contribution is 0.0994. The van der Waals surface area contributed by atoms with Gasteiger partial charge in [0.05, 0.1) is 5.75 Å². The molecule has 0 aliphatic rings. The number of amides is 1. The van der Waals surface area contributed by atoms with E-state index in [1.54, 1.807) is 36.3 Å². The molecule has 0 unspecified atom stereocenters. The Labute approximate surface area is 96.6 Å². The van der Waals surface area contributed by atoms with Crippen LogP contribution in [0.15, 0.2) is 28.9 Å². The largest absolute Gasteiger partial charge is 0.455 e. The number of imidazole rings is 1. The first kappa shape index (κ1) is 10.8. The number of aromatic nitrogens is 2. The van der Waals surface area contributed by atoms with Crippen LogP contribution < -0.4 is 5.32 Å². The molecule has 0 fully saturated rings. The van der Waals surface area contributed by atoms with Gasteiger partial charge in [-0.3, -0.25) is 10.1 Å².